The third kappa shape index (κ3) is 8.82. The number of nitrogens with zero attached hydrogens (tertiary/aromatic N) is 2. The average Bonchev–Trinajstić information content (AvgIpc) is 2.94. The number of rotatable bonds is 13. The van der Waals surface area contributed by atoms with E-state index in [2.05, 4.69) is 5.32 Å². The maximum absolute atomic E-state index is 14.1. The van der Waals surface area contributed by atoms with E-state index in [4.69, 9.17) is 4.74 Å². The Balaban J connectivity index is 2.01. The topological polar surface area (TPSA) is 96.0 Å². The Hall–Kier alpha value is -3.85. The van der Waals surface area contributed by atoms with Gasteiger partial charge in [0.25, 0.3) is 10.0 Å². The van der Waals surface area contributed by atoms with Crippen LogP contribution < -0.4 is 14.4 Å². The predicted molar refractivity (Wildman–Crippen MR) is 162 cm³/mol. The van der Waals surface area contributed by atoms with Crippen LogP contribution in [0.1, 0.15) is 46.6 Å². The summed E-state index contributed by atoms with van der Waals surface area (Å²) in [6.45, 7) is 9.61. The Labute approximate surface area is 244 Å². The molecule has 0 fully saturated rings. The van der Waals surface area contributed by atoms with Crippen LogP contribution in [0, 0.1) is 0 Å². The second-order valence-electron chi connectivity index (χ2n) is 10.7. The number of hydrogen-bond donors (Lipinski definition) is 1. The van der Waals surface area contributed by atoms with E-state index in [0.717, 1.165) is 9.87 Å². The first-order chi connectivity index (χ1) is 19.5. The number of carbonyl (C=O) groups excluding carboxylic acids is 2. The fraction of sp³-hybridized carbons (Fsp3) is 0.375. The summed E-state index contributed by atoms with van der Waals surface area (Å²) in [6, 6.07) is 23.5. The first-order valence-electron chi connectivity index (χ1n) is 13.9. The maximum atomic E-state index is 14.1. The van der Waals surface area contributed by atoms with Crippen LogP contribution in [-0.4, -0.2) is 56.4 Å². The maximum Gasteiger partial charge on any atom is 0.264 e. The summed E-state index contributed by atoms with van der Waals surface area (Å²) in [4.78, 5) is 29.0. The lowest BCUT2D eigenvalue weighted by Crippen LogP contribution is -2.56. The molecule has 0 aliphatic rings. The summed E-state index contributed by atoms with van der Waals surface area (Å²) in [5, 5.41) is 2.98. The Morgan fingerprint density at radius 3 is 2.00 bits per heavy atom. The number of ether oxygens (including phenoxy) is 1. The van der Waals surface area contributed by atoms with E-state index in [-0.39, 0.29) is 17.3 Å². The Kier molecular flexibility index (Phi) is 10.9. The quantitative estimate of drug-likeness (QED) is 0.306. The van der Waals surface area contributed by atoms with Gasteiger partial charge in [0.05, 0.1) is 17.2 Å². The predicted octanol–water partition coefficient (Wildman–Crippen LogP) is 5.05. The van der Waals surface area contributed by atoms with Gasteiger partial charge >= 0.3 is 0 Å². The van der Waals surface area contributed by atoms with E-state index in [9.17, 15) is 18.0 Å². The molecule has 41 heavy (non-hydrogen) atoms. The minimum absolute atomic E-state index is 0.0648. The first-order valence-corrected chi connectivity index (χ1v) is 15.4. The number of amides is 2. The van der Waals surface area contributed by atoms with Crippen molar-refractivity contribution in [2.45, 2.75) is 63.9 Å². The SMILES string of the molecule is CCOc1ccc(N(CC(=O)N(CCc2ccccc2)[C@@H](CC)C(=O)NC(C)(C)C)S(=O)(=O)c2ccccc2)cc1. The van der Waals surface area contributed by atoms with Crippen molar-refractivity contribution in [1.29, 1.82) is 0 Å². The second kappa shape index (κ2) is 14.2. The lowest BCUT2D eigenvalue weighted by molar-refractivity contribution is -0.140. The highest BCUT2D eigenvalue weighted by Gasteiger charge is 2.34. The van der Waals surface area contributed by atoms with E-state index in [1.54, 1.807) is 42.5 Å². The van der Waals surface area contributed by atoms with Crippen molar-refractivity contribution < 1.29 is 22.7 Å². The van der Waals surface area contributed by atoms with Gasteiger partial charge in [-0.05, 0) is 82.5 Å². The Bertz CT molecular complexity index is 1370. The number of carbonyl (C=O) groups is 2. The minimum atomic E-state index is -4.11. The molecule has 0 bridgehead atoms. The number of sulfonamides is 1. The van der Waals surface area contributed by atoms with Gasteiger partial charge in [-0.1, -0.05) is 55.5 Å². The Morgan fingerprint density at radius 1 is 0.878 bits per heavy atom. The molecule has 1 atom stereocenters. The number of benzene rings is 3. The van der Waals surface area contributed by atoms with Gasteiger partial charge < -0.3 is 15.0 Å². The standard InChI is InChI=1S/C32H41N3O5S/c1-6-29(31(37)33-32(3,4)5)34(23-22-25-14-10-8-11-15-25)30(36)24-35(26-18-20-27(21-19-26)40-7-2)41(38,39)28-16-12-9-13-17-28/h8-21,29H,6-7,22-24H2,1-5H3,(H,33,37)/t29-/m0/s1. The minimum Gasteiger partial charge on any atom is -0.494 e. The molecule has 3 aromatic rings. The van der Waals surface area contributed by atoms with E-state index < -0.39 is 34.1 Å². The van der Waals surface area contributed by atoms with Gasteiger partial charge in [0.15, 0.2) is 0 Å². The molecule has 220 valence electrons. The molecule has 9 heteroatoms. The van der Waals surface area contributed by atoms with Crippen LogP contribution in [0.15, 0.2) is 89.8 Å². The lowest BCUT2D eigenvalue weighted by atomic mass is 10.1. The lowest BCUT2D eigenvalue weighted by Gasteiger charge is -2.34. The monoisotopic (exact) mass is 579 g/mol. The van der Waals surface area contributed by atoms with Gasteiger partial charge in [-0.3, -0.25) is 13.9 Å². The smallest absolute Gasteiger partial charge is 0.264 e. The molecular weight excluding hydrogens is 538 g/mol. The largest absolute Gasteiger partial charge is 0.494 e. The fourth-order valence-electron chi connectivity index (χ4n) is 4.47. The molecular formula is C32H41N3O5S. The van der Waals surface area contributed by atoms with Crippen LogP contribution in [-0.2, 0) is 26.0 Å². The molecule has 1 N–H and O–H groups in total. The van der Waals surface area contributed by atoms with Gasteiger partial charge in [-0.25, -0.2) is 8.42 Å². The van der Waals surface area contributed by atoms with Crippen LogP contribution in [0.4, 0.5) is 5.69 Å². The van der Waals surface area contributed by atoms with Crippen molar-refractivity contribution in [3.8, 4) is 5.75 Å². The van der Waals surface area contributed by atoms with Crippen LogP contribution >= 0.6 is 0 Å². The summed E-state index contributed by atoms with van der Waals surface area (Å²) >= 11 is 0. The van der Waals surface area contributed by atoms with Gasteiger partial charge in [-0.2, -0.15) is 0 Å². The van der Waals surface area contributed by atoms with E-state index in [1.807, 2.05) is 65.0 Å². The van der Waals surface area contributed by atoms with Gasteiger partial charge in [-0.15, -0.1) is 0 Å². The van der Waals surface area contributed by atoms with E-state index in [0.29, 0.717) is 30.9 Å². The molecule has 2 amide bonds. The highest BCUT2D eigenvalue weighted by Crippen LogP contribution is 2.26. The molecule has 0 radical (unpaired) electrons. The van der Waals surface area contributed by atoms with E-state index >= 15 is 0 Å². The highest BCUT2D eigenvalue weighted by atomic mass is 32.2. The molecule has 0 aliphatic heterocycles. The average molecular weight is 580 g/mol. The first kappa shape index (κ1) is 31.7. The molecule has 0 saturated carbocycles. The van der Waals surface area contributed by atoms with Gasteiger partial charge in [0.2, 0.25) is 11.8 Å². The molecule has 0 aliphatic carbocycles. The number of hydrogen-bond acceptors (Lipinski definition) is 5. The van der Waals surface area contributed by atoms with Crippen molar-refractivity contribution in [2.75, 3.05) is 24.0 Å². The summed E-state index contributed by atoms with van der Waals surface area (Å²) < 4.78 is 34.4. The molecule has 0 unspecified atom stereocenters. The summed E-state index contributed by atoms with van der Waals surface area (Å²) in [5.41, 5.74) is 0.835. The number of nitrogens with one attached hydrogen (secondary N) is 1. The van der Waals surface area contributed by atoms with Crippen LogP contribution in [0.3, 0.4) is 0 Å². The van der Waals surface area contributed by atoms with E-state index in [1.165, 1.54) is 17.0 Å². The third-order valence-corrected chi connectivity index (χ3v) is 8.20. The fourth-order valence-corrected chi connectivity index (χ4v) is 5.91. The van der Waals surface area contributed by atoms with Crippen LogP contribution in [0.2, 0.25) is 0 Å². The van der Waals surface area contributed by atoms with Crippen molar-refractivity contribution in [2.24, 2.45) is 0 Å². The van der Waals surface area contributed by atoms with Crippen LogP contribution in [0.5, 0.6) is 5.75 Å². The molecule has 3 aromatic carbocycles. The Morgan fingerprint density at radius 2 is 1.46 bits per heavy atom. The van der Waals surface area contributed by atoms with Gasteiger partial charge in [0, 0.05) is 12.1 Å². The molecule has 0 aromatic heterocycles. The molecule has 8 nitrogen and oxygen atoms in total. The van der Waals surface area contributed by atoms with Crippen molar-refractivity contribution in [3.63, 3.8) is 0 Å². The zero-order valence-corrected chi connectivity index (χ0v) is 25.4. The van der Waals surface area contributed by atoms with Crippen molar-refractivity contribution in [3.05, 3.63) is 90.5 Å². The molecule has 0 spiro atoms. The molecule has 0 heterocycles. The normalized spacial score (nSPS) is 12.3. The third-order valence-electron chi connectivity index (χ3n) is 6.41. The molecule has 3 rings (SSSR count). The van der Waals surface area contributed by atoms with Crippen LogP contribution in [0.25, 0.3) is 0 Å². The highest BCUT2D eigenvalue weighted by molar-refractivity contribution is 7.92. The summed E-state index contributed by atoms with van der Waals surface area (Å²) in [5.74, 6) is -0.154. The second-order valence-corrected chi connectivity index (χ2v) is 12.6. The van der Waals surface area contributed by atoms with Crippen molar-refractivity contribution >= 4 is 27.5 Å². The zero-order valence-electron chi connectivity index (χ0n) is 24.5. The van der Waals surface area contributed by atoms with Crippen molar-refractivity contribution in [1.82, 2.24) is 10.2 Å². The zero-order chi connectivity index (χ0) is 30.0. The molecule has 0 saturated heterocycles. The number of anilines is 1. The van der Waals surface area contributed by atoms with Gasteiger partial charge in [0.1, 0.15) is 18.3 Å². The summed E-state index contributed by atoms with van der Waals surface area (Å²) in [6.07, 6.45) is 0.886. The summed E-state index contributed by atoms with van der Waals surface area (Å²) in [7, 11) is -4.11.